The molecule has 2 fully saturated rings. The maximum atomic E-state index is 15.2. The molecule has 0 heterocycles. The molecule has 2 aliphatic carbocycles. The molecule has 2 saturated carbocycles. The van der Waals surface area contributed by atoms with E-state index < -0.39 is 84.8 Å². The standard InChI is InChI=1S/C67H112N12O9/c1-20-36-78(60(83)41-69-57(80)42-72(15)64(86)56(40-52-32-30-47(8)31-33-52)79(23-4)61(84)44-77(22-3)63(85)51(12)74(17)59(82)38-46(7)21-2)43-58(81)70-67(34-26-27-35-67)66(88)76(19)62(53-28-24-25-29-53)65(87)75(18)55(50(11)71(13)14)39-48(9)73(16)54(49(10)68)37-45(5)6/h30-33,45-46,51,53-56,62H,9-11,20-29,34-44,68H2,1-8,12-19H3,(H,69,80)(H,70,81)/t46-,51-,54-,55-,56-,62-/m0/s1. The van der Waals surface area contributed by atoms with Crippen LogP contribution >= 0.6 is 0 Å². The van der Waals surface area contributed by atoms with Gasteiger partial charge in [0.15, 0.2) is 0 Å². The zero-order valence-corrected chi connectivity index (χ0v) is 56.7. The number of benzene rings is 1. The number of nitrogens with zero attached hydrogens (tertiary/aromatic N) is 9. The summed E-state index contributed by atoms with van der Waals surface area (Å²) in [6.45, 7) is 28.8. The zero-order chi connectivity index (χ0) is 66.5. The van der Waals surface area contributed by atoms with Crippen molar-refractivity contribution in [2.24, 2.45) is 23.5 Å². The molecule has 2 aliphatic rings. The third kappa shape index (κ3) is 20.8. The lowest BCUT2D eigenvalue weighted by Gasteiger charge is -2.43. The van der Waals surface area contributed by atoms with Gasteiger partial charge in [-0.15, -0.1) is 0 Å². The lowest BCUT2D eigenvalue weighted by atomic mass is 9.90. The summed E-state index contributed by atoms with van der Waals surface area (Å²) in [7, 11) is 12.1. The number of amides is 9. The van der Waals surface area contributed by atoms with Crippen LogP contribution in [0.5, 0.6) is 0 Å². The highest BCUT2D eigenvalue weighted by Crippen LogP contribution is 2.37. The van der Waals surface area contributed by atoms with Crippen LogP contribution in [0.3, 0.4) is 0 Å². The normalized spacial score (nSPS) is 15.7. The van der Waals surface area contributed by atoms with Crippen LogP contribution in [0.4, 0.5) is 0 Å². The quantitative estimate of drug-likeness (QED) is 0.0727. The molecular formula is C67H112N12O9. The van der Waals surface area contributed by atoms with E-state index in [1.165, 1.54) is 31.5 Å². The first-order valence-electron chi connectivity index (χ1n) is 32.1. The minimum atomic E-state index is -1.33. The number of hydrogen-bond acceptors (Lipinski definition) is 12. The second-order valence-corrected chi connectivity index (χ2v) is 25.6. The zero-order valence-electron chi connectivity index (χ0n) is 56.7. The molecule has 494 valence electrons. The molecule has 1 aromatic carbocycles. The Labute approximate surface area is 527 Å². The number of carbonyl (C=O) groups is 9. The van der Waals surface area contributed by atoms with Crippen molar-refractivity contribution < 1.29 is 43.2 Å². The highest BCUT2D eigenvalue weighted by Gasteiger charge is 2.49. The van der Waals surface area contributed by atoms with E-state index in [0.29, 0.717) is 55.8 Å². The maximum Gasteiger partial charge on any atom is 0.248 e. The molecule has 0 spiro atoms. The molecule has 4 N–H and O–H groups in total. The minimum absolute atomic E-state index is 0.104. The fraction of sp³-hybridized carbons (Fsp3) is 0.687. The first-order valence-corrected chi connectivity index (χ1v) is 32.1. The van der Waals surface area contributed by atoms with E-state index >= 15 is 9.59 Å². The smallest absolute Gasteiger partial charge is 0.248 e. The number of nitrogens with two attached hydrogens (primary N) is 1. The molecule has 3 rings (SSSR count). The van der Waals surface area contributed by atoms with Gasteiger partial charge < -0.3 is 60.5 Å². The van der Waals surface area contributed by atoms with Crippen LogP contribution in [0.25, 0.3) is 0 Å². The van der Waals surface area contributed by atoms with Crippen molar-refractivity contribution in [3.63, 3.8) is 0 Å². The Kier molecular flexibility index (Phi) is 30.2. The number of rotatable bonds is 36. The van der Waals surface area contributed by atoms with Gasteiger partial charge in [-0.1, -0.05) is 116 Å². The molecule has 0 aromatic heterocycles. The van der Waals surface area contributed by atoms with Crippen molar-refractivity contribution in [3.8, 4) is 0 Å². The molecular weight excluding hydrogens is 1120 g/mol. The Morgan fingerprint density at radius 3 is 1.77 bits per heavy atom. The molecule has 21 heteroatoms. The second-order valence-electron chi connectivity index (χ2n) is 25.6. The van der Waals surface area contributed by atoms with Crippen LogP contribution in [0.1, 0.15) is 150 Å². The van der Waals surface area contributed by atoms with E-state index in [4.69, 9.17) is 5.73 Å². The van der Waals surface area contributed by atoms with Gasteiger partial charge in [0, 0.05) is 105 Å². The van der Waals surface area contributed by atoms with Gasteiger partial charge in [0.25, 0.3) is 0 Å². The first kappa shape index (κ1) is 75.3. The van der Waals surface area contributed by atoms with Gasteiger partial charge in [-0.3, -0.25) is 43.2 Å². The van der Waals surface area contributed by atoms with Gasteiger partial charge in [0.1, 0.15) is 23.7 Å². The molecule has 1 aromatic rings. The van der Waals surface area contributed by atoms with E-state index in [-0.39, 0.29) is 74.6 Å². The fourth-order valence-electron chi connectivity index (χ4n) is 12.1. The Morgan fingerprint density at radius 2 is 1.25 bits per heavy atom. The van der Waals surface area contributed by atoms with Crippen molar-refractivity contribution in [2.75, 3.05) is 95.1 Å². The molecule has 0 aliphatic heterocycles. The number of hydrogen-bond donors (Lipinski definition) is 3. The average molecular weight is 1230 g/mol. The summed E-state index contributed by atoms with van der Waals surface area (Å²) < 4.78 is 0. The van der Waals surface area contributed by atoms with Crippen molar-refractivity contribution in [3.05, 3.63) is 72.2 Å². The van der Waals surface area contributed by atoms with E-state index in [2.05, 4.69) is 44.2 Å². The summed E-state index contributed by atoms with van der Waals surface area (Å²) in [5.41, 5.74) is 8.71. The van der Waals surface area contributed by atoms with Crippen LogP contribution in [-0.2, 0) is 49.6 Å². The number of nitrogens with one attached hydrogen (secondary N) is 2. The summed E-state index contributed by atoms with van der Waals surface area (Å²) in [5, 5.41) is 5.68. The Hall–Kier alpha value is -6.93. The highest BCUT2D eigenvalue weighted by molar-refractivity contribution is 5.97. The van der Waals surface area contributed by atoms with Gasteiger partial charge >= 0.3 is 0 Å². The third-order valence-corrected chi connectivity index (χ3v) is 18.2. The monoisotopic (exact) mass is 1230 g/mol. The fourth-order valence-corrected chi connectivity index (χ4v) is 12.1. The van der Waals surface area contributed by atoms with Gasteiger partial charge in [0.2, 0.25) is 53.2 Å². The molecule has 0 bridgehead atoms. The van der Waals surface area contributed by atoms with E-state index in [1.807, 2.05) is 82.9 Å². The maximum absolute atomic E-state index is 15.2. The minimum Gasteiger partial charge on any atom is -0.401 e. The number of aryl methyl sites for hydroxylation is 1. The SMILES string of the molecule is C=C(N)[C@H](CC(C)C)N(C)C(=C)C[C@@H](C(=C)N(C)C)N(C)C(=O)[C@H](C1CCCC1)N(C)C(=O)C1(NC(=O)CN(CCC)C(=O)CNC(=O)CN(C)C(=O)[C@H](Cc2ccc(C)cc2)N(CC)C(=O)CN(CC)C(=O)[C@H](C)N(C)C(=O)C[C@@H](C)CC)CCCC1. The van der Waals surface area contributed by atoms with Crippen molar-refractivity contribution >= 4 is 53.2 Å². The number of carbonyl (C=O) groups excluding carboxylic acids is 9. The van der Waals surface area contributed by atoms with Gasteiger partial charge in [-0.2, -0.15) is 0 Å². The Morgan fingerprint density at radius 1 is 0.648 bits per heavy atom. The highest BCUT2D eigenvalue weighted by atomic mass is 16.2. The summed E-state index contributed by atoms with van der Waals surface area (Å²) in [6, 6.07) is 4.10. The first-order chi connectivity index (χ1) is 41.3. The molecule has 6 atom stereocenters. The summed E-state index contributed by atoms with van der Waals surface area (Å²) in [5.74, 6) is -3.63. The summed E-state index contributed by atoms with van der Waals surface area (Å²) in [4.78, 5) is 142. The van der Waals surface area contributed by atoms with Crippen LogP contribution in [-0.4, -0.2) is 228 Å². The van der Waals surface area contributed by atoms with E-state index in [9.17, 15) is 33.6 Å². The molecule has 0 unspecified atom stereocenters. The van der Waals surface area contributed by atoms with Gasteiger partial charge in [-0.25, -0.2) is 0 Å². The van der Waals surface area contributed by atoms with Crippen LogP contribution in [0.2, 0.25) is 0 Å². The predicted molar refractivity (Wildman–Crippen MR) is 347 cm³/mol. The van der Waals surface area contributed by atoms with Crippen molar-refractivity contribution in [1.29, 1.82) is 0 Å². The molecule has 9 amide bonds. The Balaban J connectivity index is 1.80. The Bertz CT molecular complexity index is 2580. The molecule has 0 saturated heterocycles. The average Bonchev–Trinajstić information content (AvgIpc) is 2.69. The summed E-state index contributed by atoms with van der Waals surface area (Å²) >= 11 is 0. The second kappa shape index (κ2) is 35.3. The van der Waals surface area contributed by atoms with Crippen LogP contribution in [0, 0.1) is 24.7 Å². The largest absolute Gasteiger partial charge is 0.401 e. The topological polar surface area (TPSA) is 233 Å². The number of likely N-dealkylation sites (N-methyl/N-ethyl adjacent to an activating group) is 8. The lowest BCUT2D eigenvalue weighted by Crippen LogP contribution is -2.63. The molecule has 21 nitrogen and oxygen atoms in total. The van der Waals surface area contributed by atoms with Crippen LogP contribution in [0.15, 0.2) is 61.1 Å². The molecule has 0 radical (unpaired) electrons. The van der Waals surface area contributed by atoms with E-state index in [0.717, 1.165) is 55.3 Å². The lowest BCUT2D eigenvalue weighted by molar-refractivity contribution is -0.152. The van der Waals surface area contributed by atoms with Crippen molar-refractivity contribution in [1.82, 2.24) is 54.7 Å². The summed E-state index contributed by atoms with van der Waals surface area (Å²) in [6.07, 6.45) is 8.14. The van der Waals surface area contributed by atoms with E-state index in [1.54, 1.807) is 51.7 Å². The van der Waals surface area contributed by atoms with Gasteiger partial charge in [0.05, 0.1) is 38.3 Å². The third-order valence-electron chi connectivity index (χ3n) is 18.2. The van der Waals surface area contributed by atoms with Gasteiger partial charge in [-0.05, 0) is 89.5 Å². The molecule has 88 heavy (non-hydrogen) atoms. The predicted octanol–water partition coefficient (Wildman–Crippen LogP) is 5.77. The van der Waals surface area contributed by atoms with Crippen molar-refractivity contribution in [2.45, 2.75) is 188 Å². The van der Waals surface area contributed by atoms with Crippen LogP contribution < -0.4 is 16.4 Å².